The highest BCUT2D eigenvalue weighted by molar-refractivity contribution is 7.89. The van der Waals surface area contributed by atoms with E-state index < -0.39 is 21.9 Å². The van der Waals surface area contributed by atoms with Crippen LogP contribution < -0.4 is 0 Å². The standard InChI is InChI=1S/C19H21Cl2FN2O3S/c20-14-2-7-18(21)17(12-14)19(25)13-23-8-1-9-24(11-10-23)28(26,27)16-5-3-15(22)4-6-16/h2-7,12,19,25H,1,8-11,13H2. The van der Waals surface area contributed by atoms with Gasteiger partial charge in [-0.05, 0) is 55.4 Å². The molecule has 5 nitrogen and oxygen atoms in total. The van der Waals surface area contributed by atoms with Gasteiger partial charge in [0.05, 0.1) is 11.0 Å². The first kappa shape index (κ1) is 21.5. The lowest BCUT2D eigenvalue weighted by Crippen LogP contribution is -2.36. The second kappa shape index (κ2) is 9.07. The Morgan fingerprint density at radius 3 is 2.46 bits per heavy atom. The minimum absolute atomic E-state index is 0.0769. The van der Waals surface area contributed by atoms with Crippen molar-refractivity contribution in [2.24, 2.45) is 0 Å². The van der Waals surface area contributed by atoms with Gasteiger partial charge < -0.3 is 5.11 Å². The van der Waals surface area contributed by atoms with Crippen molar-refractivity contribution in [3.8, 4) is 0 Å². The van der Waals surface area contributed by atoms with Gasteiger partial charge >= 0.3 is 0 Å². The Morgan fingerprint density at radius 1 is 1.04 bits per heavy atom. The van der Waals surface area contributed by atoms with Crippen LogP contribution in [0.25, 0.3) is 0 Å². The first-order valence-corrected chi connectivity index (χ1v) is 11.1. The monoisotopic (exact) mass is 446 g/mol. The second-order valence-corrected chi connectivity index (χ2v) is 9.48. The zero-order valence-corrected chi connectivity index (χ0v) is 17.4. The smallest absolute Gasteiger partial charge is 0.243 e. The van der Waals surface area contributed by atoms with E-state index in [1.807, 2.05) is 4.90 Å². The largest absolute Gasteiger partial charge is 0.387 e. The highest BCUT2D eigenvalue weighted by Crippen LogP contribution is 2.27. The predicted octanol–water partition coefficient (Wildman–Crippen LogP) is 3.56. The van der Waals surface area contributed by atoms with E-state index in [9.17, 15) is 17.9 Å². The molecule has 1 atom stereocenters. The van der Waals surface area contributed by atoms with E-state index in [1.54, 1.807) is 18.2 Å². The predicted molar refractivity (Wildman–Crippen MR) is 108 cm³/mol. The maximum Gasteiger partial charge on any atom is 0.243 e. The van der Waals surface area contributed by atoms with E-state index >= 15 is 0 Å². The van der Waals surface area contributed by atoms with Crippen molar-refractivity contribution in [2.75, 3.05) is 32.7 Å². The summed E-state index contributed by atoms with van der Waals surface area (Å²) < 4.78 is 40.1. The topological polar surface area (TPSA) is 60.9 Å². The number of rotatable bonds is 5. The number of aliphatic hydroxyl groups is 1. The van der Waals surface area contributed by atoms with Crippen LogP contribution in [0.1, 0.15) is 18.1 Å². The van der Waals surface area contributed by atoms with Crippen LogP contribution in [-0.4, -0.2) is 55.5 Å². The van der Waals surface area contributed by atoms with Crippen LogP contribution in [0.5, 0.6) is 0 Å². The number of aliphatic hydroxyl groups excluding tert-OH is 1. The second-order valence-electron chi connectivity index (χ2n) is 6.69. The molecule has 3 rings (SSSR count). The maximum absolute atomic E-state index is 13.1. The van der Waals surface area contributed by atoms with E-state index in [0.29, 0.717) is 48.2 Å². The number of halogens is 3. The summed E-state index contributed by atoms with van der Waals surface area (Å²) >= 11 is 12.1. The van der Waals surface area contributed by atoms with Crippen molar-refractivity contribution in [2.45, 2.75) is 17.4 Å². The van der Waals surface area contributed by atoms with Gasteiger partial charge in [0.25, 0.3) is 0 Å². The minimum Gasteiger partial charge on any atom is -0.387 e. The summed E-state index contributed by atoms with van der Waals surface area (Å²) in [6.45, 7) is 2.09. The van der Waals surface area contributed by atoms with Crippen molar-refractivity contribution < 1.29 is 17.9 Å². The first-order valence-electron chi connectivity index (χ1n) is 8.88. The first-order chi connectivity index (χ1) is 13.3. The fourth-order valence-electron chi connectivity index (χ4n) is 3.24. The number of hydrogen-bond donors (Lipinski definition) is 1. The van der Waals surface area contributed by atoms with Crippen molar-refractivity contribution in [1.82, 2.24) is 9.21 Å². The maximum atomic E-state index is 13.1. The summed E-state index contributed by atoms with van der Waals surface area (Å²) in [6.07, 6.45) is -0.206. The third-order valence-corrected chi connectivity index (χ3v) is 7.24. The highest BCUT2D eigenvalue weighted by Gasteiger charge is 2.27. The molecule has 0 radical (unpaired) electrons. The average molecular weight is 447 g/mol. The Morgan fingerprint density at radius 2 is 1.75 bits per heavy atom. The molecule has 2 aromatic rings. The quantitative estimate of drug-likeness (QED) is 0.762. The third kappa shape index (κ3) is 5.03. The zero-order valence-electron chi connectivity index (χ0n) is 15.1. The van der Waals surface area contributed by atoms with Gasteiger partial charge in [0, 0.05) is 41.8 Å². The van der Waals surface area contributed by atoms with Crippen molar-refractivity contribution in [1.29, 1.82) is 0 Å². The lowest BCUT2D eigenvalue weighted by atomic mass is 10.1. The van der Waals surface area contributed by atoms with E-state index in [2.05, 4.69) is 0 Å². The molecule has 1 fully saturated rings. The highest BCUT2D eigenvalue weighted by atomic mass is 35.5. The van der Waals surface area contributed by atoms with Crippen molar-refractivity contribution >= 4 is 33.2 Å². The average Bonchev–Trinajstić information content (AvgIpc) is 2.90. The molecule has 9 heteroatoms. The summed E-state index contributed by atoms with van der Waals surface area (Å²) in [5.41, 5.74) is 0.550. The van der Waals surface area contributed by atoms with Gasteiger partial charge in [-0.2, -0.15) is 4.31 Å². The Balaban J connectivity index is 1.66. The normalized spacial score (nSPS) is 18.0. The van der Waals surface area contributed by atoms with Crippen molar-refractivity contribution in [3.05, 3.63) is 63.9 Å². The molecule has 2 aromatic carbocycles. The lowest BCUT2D eigenvalue weighted by Gasteiger charge is -2.24. The molecule has 1 unspecified atom stereocenters. The van der Waals surface area contributed by atoms with Gasteiger partial charge in [0.15, 0.2) is 0 Å². The summed E-state index contributed by atoms with van der Waals surface area (Å²) in [6, 6.07) is 9.77. The molecule has 1 aliphatic rings. The summed E-state index contributed by atoms with van der Waals surface area (Å²) in [4.78, 5) is 2.08. The lowest BCUT2D eigenvalue weighted by molar-refractivity contribution is 0.116. The molecule has 0 bridgehead atoms. The molecule has 0 saturated carbocycles. The summed E-state index contributed by atoms with van der Waals surface area (Å²) in [5, 5.41) is 11.5. The van der Waals surface area contributed by atoms with Crippen LogP contribution in [0.15, 0.2) is 47.4 Å². The molecule has 0 spiro atoms. The Bertz CT molecular complexity index is 925. The van der Waals surface area contributed by atoms with E-state index in [-0.39, 0.29) is 11.4 Å². The van der Waals surface area contributed by atoms with Gasteiger partial charge in [-0.15, -0.1) is 0 Å². The third-order valence-electron chi connectivity index (χ3n) is 4.75. The Labute approximate surface area is 174 Å². The van der Waals surface area contributed by atoms with Crippen LogP contribution in [0.2, 0.25) is 10.0 Å². The van der Waals surface area contributed by atoms with Crippen molar-refractivity contribution in [3.63, 3.8) is 0 Å². The van der Waals surface area contributed by atoms with Crippen LogP contribution >= 0.6 is 23.2 Å². The molecule has 1 aliphatic heterocycles. The molecule has 1 heterocycles. The fraction of sp³-hybridized carbons (Fsp3) is 0.368. The number of hydrogen-bond acceptors (Lipinski definition) is 4. The Kier molecular flexibility index (Phi) is 6.96. The van der Waals surface area contributed by atoms with E-state index in [4.69, 9.17) is 23.2 Å². The van der Waals surface area contributed by atoms with Gasteiger partial charge in [-0.3, -0.25) is 4.90 Å². The van der Waals surface area contributed by atoms with Crippen LogP contribution in [0, 0.1) is 5.82 Å². The van der Waals surface area contributed by atoms with Gasteiger partial charge in [-0.25, -0.2) is 12.8 Å². The van der Waals surface area contributed by atoms with Gasteiger partial charge in [0.1, 0.15) is 5.82 Å². The molecule has 152 valence electrons. The SMILES string of the molecule is O=S(=O)(c1ccc(F)cc1)N1CCCN(CC(O)c2cc(Cl)ccc2Cl)CC1. The minimum atomic E-state index is -3.68. The number of benzene rings is 2. The Hall–Kier alpha value is -1.22. The summed E-state index contributed by atoms with van der Waals surface area (Å²) in [5.74, 6) is -0.477. The van der Waals surface area contributed by atoms with Gasteiger partial charge in [-0.1, -0.05) is 23.2 Å². The van der Waals surface area contributed by atoms with Crippen LogP contribution in [-0.2, 0) is 10.0 Å². The molecule has 0 aromatic heterocycles. The van der Waals surface area contributed by atoms with E-state index in [0.717, 1.165) is 12.1 Å². The zero-order chi connectivity index (χ0) is 20.3. The molecule has 1 saturated heterocycles. The fourth-order valence-corrected chi connectivity index (χ4v) is 5.13. The number of sulfonamides is 1. The van der Waals surface area contributed by atoms with Crippen LogP contribution in [0.4, 0.5) is 4.39 Å². The molecular weight excluding hydrogens is 426 g/mol. The molecule has 0 amide bonds. The molecular formula is C19H21Cl2FN2O3S. The summed E-state index contributed by atoms with van der Waals surface area (Å²) in [7, 11) is -3.68. The van der Waals surface area contributed by atoms with E-state index in [1.165, 1.54) is 16.4 Å². The molecule has 28 heavy (non-hydrogen) atoms. The molecule has 1 N–H and O–H groups in total. The number of β-amino-alcohol motifs (C(OH)–C–C–N with tert-alkyl or cyclic N) is 1. The van der Waals surface area contributed by atoms with Gasteiger partial charge in [0.2, 0.25) is 10.0 Å². The van der Waals surface area contributed by atoms with Crippen LogP contribution in [0.3, 0.4) is 0 Å². The molecule has 0 aliphatic carbocycles. The number of nitrogens with zero attached hydrogens (tertiary/aromatic N) is 2.